The number of alkyl halides is 17. The smallest absolute Gasteiger partial charge is 0.382 e. The zero-order valence-corrected chi connectivity index (χ0v) is 18.7. The van der Waals surface area contributed by atoms with Crippen LogP contribution in [0.5, 0.6) is 0 Å². The van der Waals surface area contributed by atoms with Crippen LogP contribution in [-0.2, 0) is 6.54 Å². The summed E-state index contributed by atoms with van der Waals surface area (Å²) >= 11 is 0. The molecule has 2 aromatic rings. The molecule has 1 heterocycles. The molecule has 21 heteroatoms. The van der Waals surface area contributed by atoms with Gasteiger partial charge in [-0.15, -0.1) is 5.10 Å². The highest BCUT2D eigenvalue weighted by Gasteiger charge is 2.95. The molecule has 0 aliphatic carbocycles. The fraction of sp³-hybridized carbons (Fsp3) is 0.579. The number of aliphatic hydroxyl groups is 1. The Kier molecular flexibility index (Phi) is 8.25. The number of aliphatic hydroxyl groups excluding tert-OH is 1. The Balaban J connectivity index is 2.36. The summed E-state index contributed by atoms with van der Waals surface area (Å²) in [5, 5.41) is 16.4. The van der Waals surface area contributed by atoms with Gasteiger partial charge in [0.25, 0.3) is 0 Å². The Bertz CT molecular complexity index is 1160. The van der Waals surface area contributed by atoms with E-state index in [0.717, 1.165) is 0 Å². The number of halogens is 17. The van der Waals surface area contributed by atoms with Crippen molar-refractivity contribution in [1.82, 2.24) is 15.0 Å². The van der Waals surface area contributed by atoms with Crippen molar-refractivity contribution < 1.29 is 79.7 Å². The van der Waals surface area contributed by atoms with Crippen molar-refractivity contribution in [3.63, 3.8) is 0 Å². The molecule has 40 heavy (non-hydrogen) atoms. The minimum Gasteiger partial charge on any atom is -0.382 e. The van der Waals surface area contributed by atoms with Crippen LogP contribution in [0.3, 0.4) is 0 Å². The Hall–Kier alpha value is -2.87. The van der Waals surface area contributed by atoms with E-state index in [4.69, 9.17) is 0 Å². The molecule has 4 nitrogen and oxygen atoms in total. The van der Waals surface area contributed by atoms with Gasteiger partial charge in [0.15, 0.2) is 0 Å². The van der Waals surface area contributed by atoms with Gasteiger partial charge in [-0.1, -0.05) is 35.5 Å². The van der Waals surface area contributed by atoms with Crippen LogP contribution < -0.4 is 0 Å². The van der Waals surface area contributed by atoms with Gasteiger partial charge in [-0.3, -0.25) is 4.68 Å². The molecule has 0 aliphatic heterocycles. The van der Waals surface area contributed by atoms with E-state index in [9.17, 15) is 79.7 Å². The quantitative estimate of drug-likeness (QED) is 0.283. The molecule has 0 spiro atoms. The zero-order chi connectivity index (χ0) is 31.4. The molecule has 0 fully saturated rings. The topological polar surface area (TPSA) is 50.9 Å². The van der Waals surface area contributed by atoms with Crippen LogP contribution in [0.25, 0.3) is 0 Å². The molecule has 0 aliphatic rings. The fourth-order valence-electron chi connectivity index (χ4n) is 2.96. The van der Waals surface area contributed by atoms with E-state index in [1.807, 2.05) is 0 Å². The molecule has 0 radical (unpaired) electrons. The lowest BCUT2D eigenvalue weighted by Gasteiger charge is -2.42. The summed E-state index contributed by atoms with van der Waals surface area (Å²) in [5.74, 6) is -56.7. The number of aryl methyl sites for hydroxylation is 1. The summed E-state index contributed by atoms with van der Waals surface area (Å²) in [6, 6.07) is 7.00. The Morgan fingerprint density at radius 1 is 0.625 bits per heavy atom. The number of benzene rings is 1. The Morgan fingerprint density at radius 2 is 1.05 bits per heavy atom. The number of aromatic nitrogens is 3. The molecule has 2 rings (SSSR count). The molecule has 1 N–H and O–H groups in total. The maximum atomic E-state index is 14.0. The first-order valence-corrected chi connectivity index (χ1v) is 10.0. The van der Waals surface area contributed by atoms with Gasteiger partial charge in [0.1, 0.15) is 11.8 Å². The minimum absolute atomic E-state index is 0.127. The van der Waals surface area contributed by atoms with Gasteiger partial charge in [-0.2, -0.15) is 74.6 Å². The van der Waals surface area contributed by atoms with Crippen LogP contribution in [0, 0.1) is 0 Å². The molecule has 1 atom stereocenters. The first-order valence-electron chi connectivity index (χ1n) is 10.0. The van der Waals surface area contributed by atoms with Gasteiger partial charge in [0.05, 0.1) is 6.20 Å². The van der Waals surface area contributed by atoms with Crippen LogP contribution >= 0.6 is 0 Å². The average molecular weight is 621 g/mol. The summed E-state index contributed by atoms with van der Waals surface area (Å²) in [6.07, 6.45) is -11.5. The number of rotatable bonds is 11. The number of hydrogen-bond donors (Lipinski definition) is 1. The van der Waals surface area contributed by atoms with Crippen LogP contribution in [0.4, 0.5) is 74.6 Å². The van der Waals surface area contributed by atoms with Crippen molar-refractivity contribution >= 4 is 0 Å². The lowest BCUT2D eigenvalue weighted by Crippen LogP contribution is -2.74. The minimum atomic E-state index is -8.67. The van der Waals surface area contributed by atoms with E-state index < -0.39 is 72.4 Å². The first-order chi connectivity index (χ1) is 17.7. The summed E-state index contributed by atoms with van der Waals surface area (Å²) < 4.78 is 226. The van der Waals surface area contributed by atoms with Crippen molar-refractivity contribution in [1.29, 1.82) is 0 Å². The molecule has 0 amide bonds. The molecule has 0 saturated heterocycles. The van der Waals surface area contributed by atoms with Crippen molar-refractivity contribution in [2.75, 3.05) is 0 Å². The first kappa shape index (κ1) is 33.3. The molecular weight excluding hydrogens is 609 g/mol. The summed E-state index contributed by atoms with van der Waals surface area (Å²) in [5.41, 5.74) is -0.326. The van der Waals surface area contributed by atoms with Gasteiger partial charge in [-0.25, -0.2) is 0 Å². The highest BCUT2D eigenvalue weighted by Crippen LogP contribution is 2.64. The van der Waals surface area contributed by atoms with E-state index in [0.29, 0.717) is 6.20 Å². The molecule has 0 saturated carbocycles. The fourth-order valence-corrected chi connectivity index (χ4v) is 2.96. The normalized spacial score (nSPS) is 15.8. The van der Waals surface area contributed by atoms with E-state index in [1.165, 1.54) is 30.3 Å². The van der Waals surface area contributed by atoms with Gasteiger partial charge < -0.3 is 5.11 Å². The third kappa shape index (κ3) is 4.93. The third-order valence-electron chi connectivity index (χ3n) is 5.39. The van der Waals surface area contributed by atoms with Gasteiger partial charge >= 0.3 is 47.6 Å². The Labute approximate surface area is 210 Å². The second-order valence-corrected chi connectivity index (χ2v) is 8.12. The second kappa shape index (κ2) is 9.89. The SMILES string of the molecule is OC(c1ccccc1)c1cn(CCC(F)(F)C(F)(F)C(F)(F)C(F)(F)C(F)(F)C(F)(F)C(F)(F)C(F)(F)F)nn1. The maximum Gasteiger partial charge on any atom is 0.460 e. The van der Waals surface area contributed by atoms with E-state index >= 15 is 0 Å². The van der Waals surface area contributed by atoms with Gasteiger partial charge in [-0.05, 0) is 5.56 Å². The van der Waals surface area contributed by atoms with E-state index in [1.54, 1.807) is 0 Å². The summed E-state index contributed by atoms with van der Waals surface area (Å²) in [7, 11) is 0. The number of hydrogen-bond acceptors (Lipinski definition) is 3. The molecule has 1 aromatic heterocycles. The molecule has 228 valence electrons. The maximum absolute atomic E-state index is 14.0. The average Bonchev–Trinajstić information content (AvgIpc) is 3.30. The molecule has 1 unspecified atom stereocenters. The predicted molar refractivity (Wildman–Crippen MR) is 95.8 cm³/mol. The number of nitrogens with zero attached hydrogens (tertiary/aromatic N) is 3. The highest BCUT2D eigenvalue weighted by atomic mass is 19.4. The van der Waals surface area contributed by atoms with E-state index in [-0.39, 0.29) is 10.2 Å². The van der Waals surface area contributed by atoms with Gasteiger partial charge in [0, 0.05) is 13.0 Å². The predicted octanol–water partition coefficient (Wildman–Crippen LogP) is 6.76. The molecule has 1 aromatic carbocycles. The van der Waals surface area contributed by atoms with Crippen molar-refractivity contribution in [3.8, 4) is 0 Å². The highest BCUT2D eigenvalue weighted by molar-refractivity contribution is 5.23. The van der Waals surface area contributed by atoms with Crippen LogP contribution in [0.1, 0.15) is 23.8 Å². The van der Waals surface area contributed by atoms with E-state index in [2.05, 4.69) is 10.3 Å². The Morgan fingerprint density at radius 3 is 1.50 bits per heavy atom. The molecule has 0 bridgehead atoms. The van der Waals surface area contributed by atoms with Crippen LogP contribution in [0.15, 0.2) is 36.5 Å². The largest absolute Gasteiger partial charge is 0.460 e. The lowest BCUT2D eigenvalue weighted by atomic mass is 9.88. The van der Waals surface area contributed by atoms with Crippen molar-refractivity contribution in [2.45, 2.75) is 66.7 Å². The summed E-state index contributed by atoms with van der Waals surface area (Å²) in [6.45, 7) is -1.66. The van der Waals surface area contributed by atoms with Gasteiger partial charge in [0.2, 0.25) is 0 Å². The lowest BCUT2D eigenvalue weighted by molar-refractivity contribution is -0.461. The standard InChI is InChI=1S/C19H12F17N3O/c20-12(21,6-7-39-8-10(37-38-39)11(40)9-4-2-1-3-5-9)13(22,23)14(24,25)15(26,27)16(28,29)17(30,31)18(32,33)19(34,35)36/h1-5,8,11,40H,6-7H2. The molecular formula is C19H12F17N3O. The van der Waals surface area contributed by atoms with Crippen molar-refractivity contribution in [2.24, 2.45) is 0 Å². The summed E-state index contributed by atoms with van der Waals surface area (Å²) in [4.78, 5) is 0. The second-order valence-electron chi connectivity index (χ2n) is 8.12. The zero-order valence-electron chi connectivity index (χ0n) is 18.7. The van der Waals surface area contributed by atoms with Crippen LogP contribution in [-0.4, -0.2) is 67.7 Å². The monoisotopic (exact) mass is 621 g/mol. The van der Waals surface area contributed by atoms with Crippen LogP contribution in [0.2, 0.25) is 0 Å². The third-order valence-corrected chi connectivity index (χ3v) is 5.39. The van der Waals surface area contributed by atoms with Crippen molar-refractivity contribution in [3.05, 3.63) is 47.8 Å².